The van der Waals surface area contributed by atoms with Crippen LogP contribution in [0.5, 0.6) is 0 Å². The third kappa shape index (κ3) is 3.13. The number of nitrogens with zero attached hydrogens (tertiary/aromatic N) is 2. The van der Waals surface area contributed by atoms with Crippen molar-refractivity contribution in [2.45, 2.75) is 19.3 Å². The van der Waals surface area contributed by atoms with Crippen LogP contribution in [0.1, 0.15) is 18.4 Å². The molecule has 5 heteroatoms. The van der Waals surface area contributed by atoms with E-state index >= 15 is 0 Å². The van der Waals surface area contributed by atoms with E-state index in [1.54, 1.807) is 12.3 Å². The summed E-state index contributed by atoms with van der Waals surface area (Å²) >= 11 is 0. The van der Waals surface area contributed by atoms with Gasteiger partial charge in [0.05, 0.1) is 5.69 Å². The van der Waals surface area contributed by atoms with Crippen molar-refractivity contribution in [1.82, 2.24) is 9.97 Å². The molecule has 21 heavy (non-hydrogen) atoms. The molecule has 0 radical (unpaired) electrons. The van der Waals surface area contributed by atoms with Crippen molar-refractivity contribution in [3.05, 3.63) is 36.0 Å². The van der Waals surface area contributed by atoms with Gasteiger partial charge in [-0.15, -0.1) is 0 Å². The molecule has 0 amide bonds. The van der Waals surface area contributed by atoms with E-state index in [0.29, 0.717) is 17.6 Å². The van der Waals surface area contributed by atoms with Gasteiger partial charge < -0.3 is 16.2 Å². The molecule has 3 rings (SSSR count). The molecule has 0 spiro atoms. The van der Waals surface area contributed by atoms with Gasteiger partial charge in [0, 0.05) is 30.5 Å². The van der Waals surface area contributed by atoms with Gasteiger partial charge in [0.15, 0.2) is 0 Å². The molecule has 1 saturated heterocycles. The van der Waals surface area contributed by atoms with Crippen molar-refractivity contribution in [1.29, 1.82) is 0 Å². The number of ether oxygens (including phenoxy) is 1. The van der Waals surface area contributed by atoms with Crippen LogP contribution >= 0.6 is 0 Å². The minimum absolute atomic E-state index is 0.491. The number of aromatic nitrogens is 2. The summed E-state index contributed by atoms with van der Waals surface area (Å²) in [5.41, 5.74) is 14.8. The molecular formula is C16H20N4O. The predicted molar refractivity (Wildman–Crippen MR) is 83.5 cm³/mol. The Labute approximate surface area is 124 Å². The smallest absolute Gasteiger partial charge is 0.127 e. The number of nitrogens with two attached hydrogens (primary N) is 2. The quantitative estimate of drug-likeness (QED) is 0.903. The molecule has 1 atom stereocenters. The second-order valence-corrected chi connectivity index (χ2v) is 5.46. The number of nitrogen functional groups attached to an aromatic ring is 2. The molecule has 0 aliphatic carbocycles. The first kappa shape index (κ1) is 13.8. The fourth-order valence-corrected chi connectivity index (χ4v) is 2.82. The maximum absolute atomic E-state index is 6.10. The van der Waals surface area contributed by atoms with Gasteiger partial charge in [0.1, 0.15) is 11.6 Å². The normalized spacial score (nSPS) is 18.6. The van der Waals surface area contributed by atoms with Gasteiger partial charge in [0.2, 0.25) is 0 Å². The van der Waals surface area contributed by atoms with Gasteiger partial charge in [-0.3, -0.25) is 0 Å². The Morgan fingerprint density at radius 1 is 1.24 bits per heavy atom. The molecule has 3 heterocycles. The highest BCUT2D eigenvalue weighted by Crippen LogP contribution is 2.30. The summed E-state index contributed by atoms with van der Waals surface area (Å²) < 4.78 is 5.56. The summed E-state index contributed by atoms with van der Waals surface area (Å²) in [6, 6.07) is 7.59. The Kier molecular flexibility index (Phi) is 4.01. The Morgan fingerprint density at radius 2 is 2.14 bits per heavy atom. The van der Waals surface area contributed by atoms with Gasteiger partial charge in [-0.1, -0.05) is 6.07 Å². The molecule has 4 N–H and O–H groups in total. The summed E-state index contributed by atoms with van der Waals surface area (Å²) in [6.07, 6.45) is 4.86. The standard InChI is InChI=1S/C16H20N4O/c17-15-5-1-4-14(20-15)12-6-7-19-16(18)13(12)9-11-3-2-8-21-10-11/h1,4-7,11H,2-3,8-10H2,(H2,17,20)(H2,18,19)/t11-/m1/s1. The summed E-state index contributed by atoms with van der Waals surface area (Å²) in [7, 11) is 0. The lowest BCUT2D eigenvalue weighted by atomic mass is 9.91. The van der Waals surface area contributed by atoms with Crippen LogP contribution in [0.15, 0.2) is 30.5 Å². The number of hydrogen-bond acceptors (Lipinski definition) is 5. The number of pyridine rings is 2. The zero-order valence-electron chi connectivity index (χ0n) is 12.0. The van der Waals surface area contributed by atoms with Crippen LogP contribution in [0.25, 0.3) is 11.3 Å². The SMILES string of the molecule is Nc1cccc(-c2ccnc(N)c2C[C@H]2CCCOC2)n1. The van der Waals surface area contributed by atoms with Crippen LogP contribution < -0.4 is 11.5 Å². The molecule has 2 aromatic rings. The van der Waals surface area contributed by atoms with Crippen LogP contribution in [0, 0.1) is 5.92 Å². The average molecular weight is 284 g/mol. The molecule has 1 aliphatic rings. The molecule has 0 unspecified atom stereocenters. The zero-order valence-corrected chi connectivity index (χ0v) is 12.0. The van der Waals surface area contributed by atoms with Crippen LogP contribution in [-0.2, 0) is 11.2 Å². The van der Waals surface area contributed by atoms with Gasteiger partial charge in [-0.25, -0.2) is 9.97 Å². The zero-order chi connectivity index (χ0) is 14.7. The molecule has 2 aromatic heterocycles. The van der Waals surface area contributed by atoms with E-state index in [4.69, 9.17) is 16.2 Å². The second-order valence-electron chi connectivity index (χ2n) is 5.46. The lowest BCUT2D eigenvalue weighted by Crippen LogP contribution is -2.20. The fourth-order valence-electron chi connectivity index (χ4n) is 2.82. The maximum Gasteiger partial charge on any atom is 0.127 e. The minimum atomic E-state index is 0.491. The Balaban J connectivity index is 1.95. The Hall–Kier alpha value is -2.14. The van der Waals surface area contributed by atoms with Gasteiger partial charge in [0.25, 0.3) is 0 Å². The topological polar surface area (TPSA) is 87.0 Å². The van der Waals surface area contributed by atoms with E-state index in [1.165, 1.54) is 0 Å². The predicted octanol–water partition coefficient (Wildman–Crippen LogP) is 2.28. The highest BCUT2D eigenvalue weighted by molar-refractivity contribution is 5.69. The molecule has 0 saturated carbocycles. The van der Waals surface area contributed by atoms with Crippen LogP contribution in [-0.4, -0.2) is 23.2 Å². The third-order valence-corrected chi connectivity index (χ3v) is 3.88. The van der Waals surface area contributed by atoms with Gasteiger partial charge in [-0.2, -0.15) is 0 Å². The Bertz CT molecular complexity index is 623. The lowest BCUT2D eigenvalue weighted by Gasteiger charge is -2.23. The molecular weight excluding hydrogens is 264 g/mol. The molecule has 1 aliphatic heterocycles. The average Bonchev–Trinajstić information content (AvgIpc) is 2.50. The summed E-state index contributed by atoms with van der Waals surface area (Å²) in [6.45, 7) is 1.65. The molecule has 110 valence electrons. The van der Waals surface area contributed by atoms with Crippen molar-refractivity contribution >= 4 is 11.6 Å². The summed E-state index contributed by atoms with van der Waals surface area (Å²) in [4.78, 5) is 8.63. The maximum atomic E-state index is 6.10. The summed E-state index contributed by atoms with van der Waals surface area (Å²) in [5, 5.41) is 0. The molecule has 0 bridgehead atoms. The van der Waals surface area contributed by atoms with E-state index in [1.807, 2.05) is 18.2 Å². The van der Waals surface area contributed by atoms with Crippen molar-refractivity contribution in [3.8, 4) is 11.3 Å². The van der Waals surface area contributed by atoms with E-state index in [2.05, 4.69) is 9.97 Å². The van der Waals surface area contributed by atoms with E-state index in [-0.39, 0.29) is 0 Å². The fraction of sp³-hybridized carbons (Fsp3) is 0.375. The Morgan fingerprint density at radius 3 is 2.90 bits per heavy atom. The van der Waals surface area contributed by atoms with Gasteiger partial charge >= 0.3 is 0 Å². The third-order valence-electron chi connectivity index (χ3n) is 3.88. The van der Waals surface area contributed by atoms with Crippen LogP contribution in [0.2, 0.25) is 0 Å². The number of anilines is 2. The van der Waals surface area contributed by atoms with Gasteiger partial charge in [-0.05, 0) is 43.4 Å². The van der Waals surface area contributed by atoms with E-state index < -0.39 is 0 Å². The largest absolute Gasteiger partial charge is 0.384 e. The first-order valence-corrected chi connectivity index (χ1v) is 7.28. The minimum Gasteiger partial charge on any atom is -0.384 e. The first-order chi connectivity index (χ1) is 10.2. The molecule has 5 nitrogen and oxygen atoms in total. The lowest BCUT2D eigenvalue weighted by molar-refractivity contribution is 0.0551. The first-order valence-electron chi connectivity index (χ1n) is 7.28. The number of rotatable bonds is 3. The van der Waals surface area contributed by atoms with E-state index in [9.17, 15) is 0 Å². The van der Waals surface area contributed by atoms with Crippen LogP contribution in [0.4, 0.5) is 11.6 Å². The van der Waals surface area contributed by atoms with E-state index in [0.717, 1.165) is 49.3 Å². The van der Waals surface area contributed by atoms with Crippen molar-refractivity contribution in [3.63, 3.8) is 0 Å². The highest BCUT2D eigenvalue weighted by atomic mass is 16.5. The van der Waals surface area contributed by atoms with Crippen molar-refractivity contribution < 1.29 is 4.74 Å². The molecule has 1 fully saturated rings. The van der Waals surface area contributed by atoms with Crippen LogP contribution in [0.3, 0.4) is 0 Å². The van der Waals surface area contributed by atoms with Crippen molar-refractivity contribution in [2.75, 3.05) is 24.7 Å². The monoisotopic (exact) mass is 284 g/mol. The molecule has 0 aromatic carbocycles. The second kappa shape index (κ2) is 6.10. The highest BCUT2D eigenvalue weighted by Gasteiger charge is 2.19. The number of hydrogen-bond donors (Lipinski definition) is 2. The van der Waals surface area contributed by atoms with Crippen molar-refractivity contribution in [2.24, 2.45) is 5.92 Å². The summed E-state index contributed by atoms with van der Waals surface area (Å²) in [5.74, 6) is 1.57.